The summed E-state index contributed by atoms with van der Waals surface area (Å²) in [7, 11) is 0. The molecule has 0 aromatic carbocycles. The largest absolute Gasteiger partial charge is 0.393 e. The number of carbonyl (C=O) groups is 2. The minimum Gasteiger partial charge on any atom is -0.393 e. The molecule has 4 saturated carbocycles. The van der Waals surface area contributed by atoms with Gasteiger partial charge < -0.3 is 16.2 Å². The van der Waals surface area contributed by atoms with E-state index in [4.69, 9.17) is 5.73 Å². The van der Waals surface area contributed by atoms with E-state index in [1.807, 2.05) is 0 Å². The Hall–Kier alpha value is -1.36. The maximum Gasteiger partial charge on any atom is 0.312 e. The Kier molecular flexibility index (Phi) is 5.32. The zero-order valence-electron chi connectivity index (χ0n) is 23.1. The van der Waals surface area contributed by atoms with Crippen LogP contribution in [0.5, 0.6) is 0 Å². The second kappa shape index (κ2) is 7.36. The molecule has 0 radical (unpaired) electrons. The standard InChI is InChI=1S/C30H48N2O3/c1-25(2)21-8-11-30(7)23(28(21,5)10-9-22(25)34)20(33)16-18-19-17-27(4,32-24(31)35)14-12-26(19,3)13-15-29(18,30)6/h16,19,21-23,34H,8-15,17H2,1-7H3,(H3,31,32,35)/t19-,21-,22?,23+,26+,27-,28-,29+,30+/m0/s1. The number of amides is 2. The Balaban J connectivity index is 1.59. The molecule has 35 heavy (non-hydrogen) atoms. The number of nitrogens with one attached hydrogen (secondary N) is 1. The van der Waals surface area contributed by atoms with Crippen molar-refractivity contribution in [3.63, 3.8) is 0 Å². The first-order valence-corrected chi connectivity index (χ1v) is 14.0. The monoisotopic (exact) mass is 484 g/mol. The third-order valence-electron chi connectivity index (χ3n) is 13.0. The summed E-state index contributed by atoms with van der Waals surface area (Å²) < 4.78 is 0. The summed E-state index contributed by atoms with van der Waals surface area (Å²) >= 11 is 0. The van der Waals surface area contributed by atoms with E-state index in [2.05, 4.69) is 59.9 Å². The van der Waals surface area contributed by atoms with Crippen molar-refractivity contribution >= 4 is 11.8 Å². The molecular formula is C30H48N2O3. The number of primary amides is 1. The number of aliphatic hydroxyl groups is 1. The van der Waals surface area contributed by atoms with Crippen molar-refractivity contribution in [1.82, 2.24) is 5.32 Å². The van der Waals surface area contributed by atoms with E-state index in [1.54, 1.807) is 0 Å². The number of urea groups is 1. The summed E-state index contributed by atoms with van der Waals surface area (Å²) in [6.45, 7) is 16.2. The van der Waals surface area contributed by atoms with Gasteiger partial charge in [0, 0.05) is 11.5 Å². The number of hydrogen-bond donors (Lipinski definition) is 3. The molecule has 5 aliphatic rings. The van der Waals surface area contributed by atoms with Crippen LogP contribution in [0.3, 0.4) is 0 Å². The zero-order chi connectivity index (χ0) is 25.8. The van der Waals surface area contributed by atoms with Crippen LogP contribution in [0.25, 0.3) is 0 Å². The minimum atomic E-state index is -0.455. The van der Waals surface area contributed by atoms with Crippen LogP contribution in [-0.4, -0.2) is 28.6 Å². The summed E-state index contributed by atoms with van der Waals surface area (Å²) in [6, 6.07) is -0.455. The second-order valence-electron chi connectivity index (χ2n) is 15.1. The van der Waals surface area contributed by atoms with Crippen LogP contribution in [0.2, 0.25) is 0 Å². The molecule has 2 amide bonds. The van der Waals surface area contributed by atoms with Gasteiger partial charge in [0.2, 0.25) is 0 Å². The van der Waals surface area contributed by atoms with Crippen LogP contribution in [0, 0.1) is 44.8 Å². The summed E-state index contributed by atoms with van der Waals surface area (Å²) in [5.74, 6) is 0.950. The number of rotatable bonds is 1. The van der Waals surface area contributed by atoms with Gasteiger partial charge in [0.05, 0.1) is 6.10 Å². The average Bonchev–Trinajstić information content (AvgIpc) is 2.73. The Bertz CT molecular complexity index is 988. The SMILES string of the molecule is CC1(C)C(O)CC[C@]2(C)[C@H]3C(=O)C=C4[C@@H]5C[C@@](C)(NC(N)=O)CC[C@]5(C)CC[C@@]4(C)[C@]3(C)CC[C@@H]12. The molecule has 5 heteroatoms. The fourth-order valence-electron chi connectivity index (χ4n) is 10.6. The molecule has 0 aliphatic heterocycles. The second-order valence-corrected chi connectivity index (χ2v) is 15.1. The van der Waals surface area contributed by atoms with Gasteiger partial charge in [0.25, 0.3) is 0 Å². The topological polar surface area (TPSA) is 92.4 Å². The van der Waals surface area contributed by atoms with Crippen LogP contribution in [0.15, 0.2) is 11.6 Å². The van der Waals surface area contributed by atoms with Crippen molar-refractivity contribution in [3.8, 4) is 0 Å². The van der Waals surface area contributed by atoms with E-state index in [-0.39, 0.29) is 50.6 Å². The first-order valence-electron chi connectivity index (χ1n) is 14.0. The van der Waals surface area contributed by atoms with Crippen LogP contribution < -0.4 is 11.1 Å². The molecular weight excluding hydrogens is 436 g/mol. The third-order valence-corrected chi connectivity index (χ3v) is 13.0. The van der Waals surface area contributed by atoms with Gasteiger partial charge >= 0.3 is 6.03 Å². The molecule has 0 spiro atoms. The highest BCUT2D eigenvalue weighted by atomic mass is 16.3. The number of nitrogens with two attached hydrogens (primary N) is 1. The molecule has 0 aromatic rings. The van der Waals surface area contributed by atoms with Crippen LogP contribution in [-0.2, 0) is 4.79 Å². The number of aliphatic hydroxyl groups excluding tert-OH is 1. The zero-order valence-corrected chi connectivity index (χ0v) is 23.1. The lowest BCUT2D eigenvalue weighted by atomic mass is 9.33. The van der Waals surface area contributed by atoms with Crippen molar-refractivity contribution in [2.75, 3.05) is 0 Å². The number of hydrogen-bond acceptors (Lipinski definition) is 3. The first-order chi connectivity index (χ1) is 16.0. The maximum atomic E-state index is 14.3. The summed E-state index contributed by atoms with van der Waals surface area (Å²) in [4.78, 5) is 26.1. The molecule has 9 atom stereocenters. The maximum absolute atomic E-state index is 14.3. The lowest BCUT2D eigenvalue weighted by molar-refractivity contribution is -0.201. The van der Waals surface area contributed by atoms with E-state index >= 15 is 0 Å². The van der Waals surface area contributed by atoms with Crippen molar-refractivity contribution in [1.29, 1.82) is 0 Å². The van der Waals surface area contributed by atoms with E-state index in [0.717, 1.165) is 51.4 Å². The lowest BCUT2D eigenvalue weighted by Gasteiger charge is -2.70. The first kappa shape index (κ1) is 25.3. The summed E-state index contributed by atoms with van der Waals surface area (Å²) in [5.41, 5.74) is 6.36. The van der Waals surface area contributed by atoms with Crippen molar-refractivity contribution < 1.29 is 14.7 Å². The molecule has 5 rings (SSSR count). The normalized spacial score (nSPS) is 52.8. The van der Waals surface area contributed by atoms with E-state index in [9.17, 15) is 14.7 Å². The van der Waals surface area contributed by atoms with Crippen molar-refractivity contribution in [2.24, 2.45) is 50.6 Å². The predicted octanol–water partition coefficient (Wildman–Crippen LogP) is 5.75. The van der Waals surface area contributed by atoms with Gasteiger partial charge in [-0.3, -0.25) is 4.79 Å². The fraction of sp³-hybridized carbons (Fsp3) is 0.867. The fourth-order valence-corrected chi connectivity index (χ4v) is 10.6. The van der Waals surface area contributed by atoms with Gasteiger partial charge in [-0.1, -0.05) is 47.1 Å². The Morgan fingerprint density at radius 3 is 2.29 bits per heavy atom. The summed E-state index contributed by atoms with van der Waals surface area (Å²) in [6.07, 6.45) is 10.7. The minimum absolute atomic E-state index is 0.00245. The molecule has 5 nitrogen and oxygen atoms in total. The van der Waals surface area contributed by atoms with Crippen LogP contribution >= 0.6 is 0 Å². The highest BCUT2D eigenvalue weighted by Crippen LogP contribution is 2.74. The van der Waals surface area contributed by atoms with Crippen LogP contribution in [0.4, 0.5) is 4.79 Å². The van der Waals surface area contributed by atoms with Crippen molar-refractivity contribution in [2.45, 2.75) is 118 Å². The number of ketones is 1. The average molecular weight is 485 g/mol. The molecule has 5 aliphatic carbocycles. The predicted molar refractivity (Wildman–Crippen MR) is 138 cm³/mol. The molecule has 1 unspecified atom stereocenters. The molecule has 4 fully saturated rings. The molecule has 0 heterocycles. The lowest BCUT2D eigenvalue weighted by Crippen LogP contribution is -2.67. The molecule has 0 aromatic heterocycles. The van der Waals surface area contributed by atoms with Gasteiger partial charge in [0.15, 0.2) is 5.78 Å². The van der Waals surface area contributed by atoms with E-state index in [0.29, 0.717) is 11.7 Å². The smallest absolute Gasteiger partial charge is 0.312 e. The Morgan fingerprint density at radius 2 is 1.63 bits per heavy atom. The molecule has 0 bridgehead atoms. The van der Waals surface area contributed by atoms with E-state index in [1.165, 1.54) is 12.0 Å². The quantitative estimate of drug-likeness (QED) is 0.442. The highest BCUT2D eigenvalue weighted by molar-refractivity contribution is 5.95. The van der Waals surface area contributed by atoms with Crippen LogP contribution in [0.1, 0.15) is 106 Å². The highest BCUT2D eigenvalue weighted by Gasteiger charge is 2.70. The molecule has 4 N–H and O–H groups in total. The summed E-state index contributed by atoms with van der Waals surface area (Å²) in [5, 5.41) is 13.9. The molecule has 0 saturated heterocycles. The number of fused-ring (bicyclic) bond motifs is 7. The number of carbonyl (C=O) groups excluding carboxylic acids is 2. The number of allylic oxidation sites excluding steroid dienone is 2. The van der Waals surface area contributed by atoms with Gasteiger partial charge in [-0.05, 0) is 110 Å². The molecule has 196 valence electrons. The van der Waals surface area contributed by atoms with E-state index < -0.39 is 6.03 Å². The van der Waals surface area contributed by atoms with Gasteiger partial charge in [-0.25, -0.2) is 4.79 Å². The van der Waals surface area contributed by atoms with Gasteiger partial charge in [-0.2, -0.15) is 0 Å². The van der Waals surface area contributed by atoms with Crippen molar-refractivity contribution in [3.05, 3.63) is 11.6 Å². The van der Waals surface area contributed by atoms with Gasteiger partial charge in [-0.15, -0.1) is 0 Å². The Labute approximate surface area is 212 Å². The third kappa shape index (κ3) is 3.21. The Morgan fingerprint density at radius 1 is 0.971 bits per heavy atom. The van der Waals surface area contributed by atoms with Gasteiger partial charge in [0.1, 0.15) is 0 Å².